The molecule has 3 N–H and O–H groups in total. The van der Waals surface area contributed by atoms with E-state index in [1.54, 1.807) is 30.3 Å². The van der Waals surface area contributed by atoms with E-state index in [1.807, 2.05) is 0 Å². The van der Waals surface area contributed by atoms with Crippen LogP contribution < -0.4 is 10.6 Å². The maximum Gasteiger partial charge on any atom is 0.233 e. The highest BCUT2D eigenvalue weighted by molar-refractivity contribution is 6.08. The summed E-state index contributed by atoms with van der Waals surface area (Å²) in [5.74, 6) is -1.92. The van der Waals surface area contributed by atoms with Crippen molar-refractivity contribution < 1.29 is 18.4 Å². The number of halogens is 2. The number of rotatable bonds is 5. The lowest BCUT2D eigenvalue weighted by Crippen LogP contribution is -2.21. The fourth-order valence-electron chi connectivity index (χ4n) is 3.08. The van der Waals surface area contributed by atoms with Crippen molar-refractivity contribution in [2.24, 2.45) is 0 Å². The minimum atomic E-state index is -0.561. The Morgan fingerprint density at radius 2 is 1.50 bits per heavy atom. The van der Waals surface area contributed by atoms with Crippen molar-refractivity contribution in [2.75, 3.05) is 10.6 Å². The van der Waals surface area contributed by atoms with E-state index < -0.39 is 24.1 Å². The molecule has 150 valence electrons. The molecule has 0 unspecified atom stereocenters. The van der Waals surface area contributed by atoms with Gasteiger partial charge in [-0.05, 0) is 48.5 Å². The van der Waals surface area contributed by atoms with Gasteiger partial charge in [0.25, 0.3) is 0 Å². The van der Waals surface area contributed by atoms with E-state index in [0.29, 0.717) is 22.5 Å². The van der Waals surface area contributed by atoms with Crippen LogP contribution in [0.25, 0.3) is 22.2 Å². The van der Waals surface area contributed by atoms with E-state index in [-0.39, 0.29) is 11.5 Å². The van der Waals surface area contributed by atoms with Crippen LogP contribution in [0.2, 0.25) is 0 Å². The highest BCUT2D eigenvalue weighted by Crippen LogP contribution is 2.28. The molecule has 0 spiro atoms. The second-order valence-corrected chi connectivity index (χ2v) is 6.63. The molecule has 0 saturated carbocycles. The number of carbonyl (C=O) groups is 2. The van der Waals surface area contributed by atoms with Gasteiger partial charge in [-0.3, -0.25) is 14.7 Å². The van der Waals surface area contributed by atoms with Crippen molar-refractivity contribution in [1.82, 2.24) is 10.2 Å². The average molecular weight is 406 g/mol. The van der Waals surface area contributed by atoms with Crippen LogP contribution in [0.5, 0.6) is 0 Å². The Labute approximate surface area is 169 Å². The third-order valence-corrected chi connectivity index (χ3v) is 4.37. The number of nitrogens with one attached hydrogen (secondary N) is 3. The van der Waals surface area contributed by atoms with Crippen LogP contribution in [0.3, 0.4) is 0 Å². The molecule has 30 heavy (non-hydrogen) atoms. The fourth-order valence-corrected chi connectivity index (χ4v) is 3.08. The molecule has 0 atom stereocenters. The first-order valence-electron chi connectivity index (χ1n) is 9.07. The Balaban J connectivity index is 1.44. The van der Waals surface area contributed by atoms with Gasteiger partial charge in [-0.1, -0.05) is 18.2 Å². The zero-order valence-electron chi connectivity index (χ0n) is 15.6. The number of benzene rings is 3. The molecule has 0 aliphatic rings. The summed E-state index contributed by atoms with van der Waals surface area (Å²) in [6.45, 7) is 0. The lowest BCUT2D eigenvalue weighted by molar-refractivity contribution is -0.123. The first-order chi connectivity index (χ1) is 14.5. The summed E-state index contributed by atoms with van der Waals surface area (Å²) in [6, 6.07) is 16.6. The molecule has 4 rings (SSSR count). The lowest BCUT2D eigenvalue weighted by Gasteiger charge is -2.07. The first kappa shape index (κ1) is 19.3. The summed E-state index contributed by atoms with van der Waals surface area (Å²) in [4.78, 5) is 24.2. The first-order valence-corrected chi connectivity index (χ1v) is 9.07. The van der Waals surface area contributed by atoms with Gasteiger partial charge < -0.3 is 10.6 Å². The Morgan fingerprint density at radius 3 is 2.20 bits per heavy atom. The molecule has 0 fully saturated rings. The monoisotopic (exact) mass is 406 g/mol. The highest BCUT2D eigenvalue weighted by Gasteiger charge is 2.13. The SMILES string of the molecule is O=C(CC(=O)Nc1ccc2c(-c3cccc(F)c3)n[nH]c2c1)Nc1cccc(F)c1. The van der Waals surface area contributed by atoms with Crippen molar-refractivity contribution >= 4 is 34.1 Å². The van der Waals surface area contributed by atoms with Crippen LogP contribution in [0.1, 0.15) is 6.42 Å². The predicted molar refractivity (Wildman–Crippen MR) is 110 cm³/mol. The summed E-state index contributed by atoms with van der Waals surface area (Å²) in [7, 11) is 0. The number of fused-ring (bicyclic) bond motifs is 1. The quantitative estimate of drug-likeness (QED) is 0.427. The van der Waals surface area contributed by atoms with E-state index in [0.717, 1.165) is 11.5 Å². The zero-order valence-corrected chi connectivity index (χ0v) is 15.6. The number of H-pyrrole nitrogens is 1. The van der Waals surface area contributed by atoms with Crippen molar-refractivity contribution in [1.29, 1.82) is 0 Å². The molecule has 1 aromatic heterocycles. The zero-order chi connectivity index (χ0) is 21.1. The molecular formula is C22H16F2N4O2. The molecule has 0 saturated heterocycles. The number of hydrogen-bond acceptors (Lipinski definition) is 3. The van der Waals surface area contributed by atoms with Gasteiger partial charge in [0.2, 0.25) is 11.8 Å². The number of anilines is 2. The summed E-state index contributed by atoms with van der Waals surface area (Å²) in [6.07, 6.45) is -0.425. The van der Waals surface area contributed by atoms with E-state index >= 15 is 0 Å². The Kier molecular flexibility index (Phi) is 5.21. The van der Waals surface area contributed by atoms with Crippen molar-refractivity contribution in [3.63, 3.8) is 0 Å². The Bertz CT molecular complexity index is 1250. The van der Waals surface area contributed by atoms with E-state index in [4.69, 9.17) is 0 Å². The van der Waals surface area contributed by atoms with Gasteiger partial charge in [0.1, 0.15) is 23.7 Å². The number of aromatic nitrogens is 2. The van der Waals surface area contributed by atoms with Crippen molar-refractivity contribution in [3.05, 3.63) is 78.4 Å². The van der Waals surface area contributed by atoms with Gasteiger partial charge in [0.05, 0.1) is 5.52 Å². The number of hydrogen-bond donors (Lipinski definition) is 3. The largest absolute Gasteiger partial charge is 0.326 e. The molecule has 1 heterocycles. The van der Waals surface area contributed by atoms with Crippen LogP contribution in [-0.4, -0.2) is 22.0 Å². The highest BCUT2D eigenvalue weighted by atomic mass is 19.1. The fraction of sp³-hybridized carbons (Fsp3) is 0.0455. The molecule has 0 radical (unpaired) electrons. The maximum absolute atomic E-state index is 13.5. The third-order valence-electron chi connectivity index (χ3n) is 4.37. The van der Waals surface area contributed by atoms with Crippen LogP contribution in [0.15, 0.2) is 66.7 Å². The smallest absolute Gasteiger partial charge is 0.233 e. The Morgan fingerprint density at radius 1 is 0.833 bits per heavy atom. The van der Waals surface area contributed by atoms with Crippen LogP contribution >= 0.6 is 0 Å². The average Bonchev–Trinajstić information content (AvgIpc) is 3.11. The van der Waals surface area contributed by atoms with Crippen molar-refractivity contribution in [3.8, 4) is 11.3 Å². The normalized spacial score (nSPS) is 10.7. The second-order valence-electron chi connectivity index (χ2n) is 6.63. The molecule has 4 aromatic rings. The molecule has 0 aliphatic heterocycles. The summed E-state index contributed by atoms with van der Waals surface area (Å²) >= 11 is 0. The van der Waals surface area contributed by atoms with E-state index in [1.165, 1.54) is 30.3 Å². The van der Waals surface area contributed by atoms with E-state index in [9.17, 15) is 18.4 Å². The molecule has 0 bridgehead atoms. The van der Waals surface area contributed by atoms with Crippen LogP contribution in [-0.2, 0) is 9.59 Å². The van der Waals surface area contributed by atoms with Crippen LogP contribution in [0.4, 0.5) is 20.2 Å². The number of aromatic amines is 1. The van der Waals surface area contributed by atoms with Crippen molar-refractivity contribution in [2.45, 2.75) is 6.42 Å². The van der Waals surface area contributed by atoms with Gasteiger partial charge in [-0.2, -0.15) is 5.10 Å². The van der Waals surface area contributed by atoms with Gasteiger partial charge in [0, 0.05) is 22.3 Å². The number of nitrogens with zero attached hydrogens (tertiary/aromatic N) is 1. The topological polar surface area (TPSA) is 86.9 Å². The van der Waals surface area contributed by atoms with Gasteiger partial charge in [-0.25, -0.2) is 8.78 Å². The molecule has 2 amide bonds. The lowest BCUT2D eigenvalue weighted by atomic mass is 10.1. The van der Waals surface area contributed by atoms with Crippen LogP contribution in [0, 0.1) is 11.6 Å². The van der Waals surface area contributed by atoms with Gasteiger partial charge in [0.15, 0.2) is 0 Å². The third kappa shape index (κ3) is 4.33. The summed E-state index contributed by atoms with van der Waals surface area (Å²) < 4.78 is 26.7. The molecule has 8 heteroatoms. The molecule has 0 aliphatic carbocycles. The predicted octanol–water partition coefficient (Wildman–Crippen LogP) is 4.48. The standard InChI is InChI=1S/C22H16F2N4O2/c23-14-4-1-3-13(9-14)22-18-8-7-17(11-19(18)27-28-22)26-21(30)12-20(29)25-16-6-2-5-15(24)10-16/h1-11H,12H2,(H,25,29)(H,26,30)(H,27,28). The maximum atomic E-state index is 13.5. The van der Waals surface area contributed by atoms with E-state index in [2.05, 4.69) is 20.8 Å². The molecule has 3 aromatic carbocycles. The minimum Gasteiger partial charge on any atom is -0.326 e. The number of amides is 2. The molecular weight excluding hydrogens is 390 g/mol. The summed E-state index contributed by atoms with van der Waals surface area (Å²) in [5.41, 5.74) is 2.62. The Hall–Kier alpha value is -4.07. The number of carbonyl (C=O) groups excluding carboxylic acids is 2. The molecule has 6 nitrogen and oxygen atoms in total. The second kappa shape index (κ2) is 8.12. The minimum absolute atomic E-state index is 0.275. The van der Waals surface area contributed by atoms with Gasteiger partial charge in [-0.15, -0.1) is 0 Å². The summed E-state index contributed by atoms with van der Waals surface area (Å²) in [5, 5.41) is 13.0. The van der Waals surface area contributed by atoms with Gasteiger partial charge >= 0.3 is 0 Å².